The van der Waals surface area contributed by atoms with Gasteiger partial charge in [0.15, 0.2) is 17.5 Å². The van der Waals surface area contributed by atoms with Gasteiger partial charge in [-0.3, -0.25) is 4.98 Å². The van der Waals surface area contributed by atoms with Crippen LogP contribution in [0.3, 0.4) is 0 Å². The molecule has 2 aliphatic rings. The van der Waals surface area contributed by atoms with Crippen molar-refractivity contribution in [3.8, 4) is 56.4 Å². The monoisotopic (exact) mass is 706 g/mol. The van der Waals surface area contributed by atoms with Gasteiger partial charge in [0.05, 0.1) is 10.9 Å². The summed E-state index contributed by atoms with van der Waals surface area (Å²) >= 11 is 1.83. The highest BCUT2D eigenvalue weighted by Crippen LogP contribution is 2.62. The topological polar surface area (TPSA) is 51.6 Å². The second kappa shape index (κ2) is 12.2. The van der Waals surface area contributed by atoms with Crippen LogP contribution in [0.4, 0.5) is 0 Å². The van der Waals surface area contributed by atoms with Crippen LogP contribution >= 0.6 is 11.8 Å². The molecule has 2 aromatic heterocycles. The largest absolute Gasteiger partial charge is 0.256 e. The van der Waals surface area contributed by atoms with Gasteiger partial charge in [-0.2, -0.15) is 0 Å². The molecular formula is C49H30N4S. The van der Waals surface area contributed by atoms with Crippen LogP contribution in [-0.2, 0) is 5.41 Å². The summed E-state index contributed by atoms with van der Waals surface area (Å²) < 4.78 is 0. The van der Waals surface area contributed by atoms with Gasteiger partial charge in [0.2, 0.25) is 0 Å². The fraction of sp³-hybridized carbons (Fsp3) is 0.0204. The first-order valence-corrected chi connectivity index (χ1v) is 18.9. The van der Waals surface area contributed by atoms with Crippen LogP contribution in [0.15, 0.2) is 192 Å². The van der Waals surface area contributed by atoms with Gasteiger partial charge >= 0.3 is 0 Å². The van der Waals surface area contributed by atoms with Crippen LogP contribution in [0.2, 0.25) is 0 Å². The van der Waals surface area contributed by atoms with Crippen molar-refractivity contribution in [1.82, 2.24) is 19.9 Å². The number of rotatable bonds is 4. The van der Waals surface area contributed by atoms with Gasteiger partial charge in [0.1, 0.15) is 0 Å². The van der Waals surface area contributed by atoms with Crippen LogP contribution in [0.5, 0.6) is 0 Å². The molecule has 5 heteroatoms. The Balaban J connectivity index is 1.15. The Morgan fingerprint density at radius 2 is 0.870 bits per heavy atom. The maximum absolute atomic E-state index is 5.10. The summed E-state index contributed by atoms with van der Waals surface area (Å²) in [5.41, 5.74) is 13.4. The fourth-order valence-corrected chi connectivity index (χ4v) is 9.76. The van der Waals surface area contributed by atoms with Crippen LogP contribution < -0.4 is 0 Å². The zero-order chi connectivity index (χ0) is 35.6. The van der Waals surface area contributed by atoms with Gasteiger partial charge in [-0.1, -0.05) is 169 Å². The van der Waals surface area contributed by atoms with E-state index < -0.39 is 5.41 Å². The van der Waals surface area contributed by atoms with Crippen molar-refractivity contribution in [2.24, 2.45) is 0 Å². The second-order valence-electron chi connectivity index (χ2n) is 13.8. The Bertz CT molecular complexity index is 2810. The highest BCUT2D eigenvalue weighted by Gasteiger charge is 2.50. The lowest BCUT2D eigenvalue weighted by atomic mass is 9.67. The van der Waals surface area contributed by atoms with Gasteiger partial charge in [0.25, 0.3) is 0 Å². The molecule has 54 heavy (non-hydrogen) atoms. The maximum atomic E-state index is 5.10. The average molecular weight is 707 g/mol. The predicted octanol–water partition coefficient (Wildman–Crippen LogP) is 11.9. The Hall–Kier alpha value is -6.69. The molecule has 7 aromatic carbocycles. The maximum Gasteiger partial charge on any atom is 0.164 e. The first-order chi connectivity index (χ1) is 26.8. The average Bonchev–Trinajstić information content (AvgIpc) is 3.54. The summed E-state index contributed by atoms with van der Waals surface area (Å²) in [6, 6.07) is 62.6. The first-order valence-electron chi connectivity index (χ1n) is 18.1. The van der Waals surface area contributed by atoms with Gasteiger partial charge in [-0.05, 0) is 57.1 Å². The SMILES string of the molecule is c1ccc(-c2nc(-c3ccccc3)nc(-c3ccc4c(c3)Sc3cc(-c5cccc6cccnc56)ccc3C43c4ccccc4-c4ccccc43)n2)cc1. The number of fused-ring (bicyclic) bond motifs is 10. The van der Waals surface area contributed by atoms with E-state index in [1.54, 1.807) is 0 Å². The third kappa shape index (κ3) is 4.65. The van der Waals surface area contributed by atoms with Crippen molar-refractivity contribution in [2.45, 2.75) is 15.2 Å². The summed E-state index contributed by atoms with van der Waals surface area (Å²) in [5.74, 6) is 1.95. The minimum Gasteiger partial charge on any atom is -0.256 e. The molecule has 1 aliphatic carbocycles. The van der Waals surface area contributed by atoms with E-state index in [1.165, 1.54) is 43.2 Å². The summed E-state index contributed by atoms with van der Waals surface area (Å²) in [6.45, 7) is 0. The molecule has 0 fully saturated rings. The van der Waals surface area contributed by atoms with Crippen LogP contribution in [0.1, 0.15) is 22.3 Å². The van der Waals surface area contributed by atoms with E-state index in [1.807, 2.05) is 60.4 Å². The molecule has 0 amide bonds. The number of para-hydroxylation sites is 1. The lowest BCUT2D eigenvalue weighted by Gasteiger charge is -2.40. The predicted molar refractivity (Wildman–Crippen MR) is 218 cm³/mol. The number of hydrogen-bond donors (Lipinski definition) is 0. The number of pyridine rings is 1. The number of hydrogen-bond acceptors (Lipinski definition) is 5. The fourth-order valence-electron chi connectivity index (χ4n) is 8.49. The minimum atomic E-state index is -0.499. The Morgan fingerprint density at radius 1 is 0.370 bits per heavy atom. The van der Waals surface area contributed by atoms with Crippen molar-refractivity contribution >= 4 is 22.7 Å². The summed E-state index contributed by atoms with van der Waals surface area (Å²) in [4.78, 5) is 22.4. The third-order valence-corrected chi connectivity index (χ3v) is 12.0. The van der Waals surface area contributed by atoms with Crippen molar-refractivity contribution in [1.29, 1.82) is 0 Å². The molecule has 0 N–H and O–H groups in total. The van der Waals surface area contributed by atoms with Gasteiger partial charge in [0, 0.05) is 43.6 Å². The van der Waals surface area contributed by atoms with E-state index in [9.17, 15) is 0 Å². The van der Waals surface area contributed by atoms with Gasteiger partial charge in [-0.15, -0.1) is 0 Å². The zero-order valence-electron chi connectivity index (χ0n) is 29.0. The normalized spacial score (nSPS) is 13.3. The quantitative estimate of drug-likeness (QED) is 0.182. The molecule has 0 unspecified atom stereocenters. The van der Waals surface area contributed by atoms with Crippen LogP contribution in [0, 0.1) is 0 Å². The molecule has 1 aliphatic heterocycles. The number of benzene rings is 7. The molecule has 9 aromatic rings. The van der Waals surface area contributed by atoms with E-state index in [0.29, 0.717) is 17.5 Å². The Kier molecular flexibility index (Phi) is 6.97. The van der Waals surface area contributed by atoms with Crippen molar-refractivity contribution in [3.63, 3.8) is 0 Å². The van der Waals surface area contributed by atoms with E-state index in [2.05, 4.69) is 133 Å². The van der Waals surface area contributed by atoms with Crippen molar-refractivity contribution < 1.29 is 0 Å². The highest BCUT2D eigenvalue weighted by atomic mass is 32.2. The van der Waals surface area contributed by atoms with Crippen molar-refractivity contribution in [3.05, 3.63) is 204 Å². The zero-order valence-corrected chi connectivity index (χ0v) is 29.8. The third-order valence-electron chi connectivity index (χ3n) is 10.8. The molecule has 0 bridgehead atoms. The molecule has 0 saturated carbocycles. The Labute approximate surface area is 317 Å². The molecule has 11 rings (SSSR count). The molecule has 3 heterocycles. The summed E-state index contributed by atoms with van der Waals surface area (Å²) in [7, 11) is 0. The van der Waals surface area contributed by atoms with Gasteiger partial charge in [-0.25, -0.2) is 15.0 Å². The molecule has 0 saturated heterocycles. The highest BCUT2D eigenvalue weighted by molar-refractivity contribution is 7.99. The molecular weight excluding hydrogens is 677 g/mol. The standard InChI is InChI=1S/C49H30N4S/c1-3-13-32(14-4-1)46-51-47(33-15-5-2-6-16-33)53-48(52-46)35-25-27-42-44(30-35)54-43-29-34(36-21-11-17-31-18-12-28-50-45(31)36)24-26-41(43)49(42)39-22-9-7-19-37(39)38-20-8-10-23-40(38)49/h1-30H. The van der Waals surface area contributed by atoms with E-state index >= 15 is 0 Å². The first kappa shape index (κ1) is 30.9. The molecule has 1 spiro atoms. The van der Waals surface area contributed by atoms with Gasteiger partial charge < -0.3 is 0 Å². The van der Waals surface area contributed by atoms with Crippen LogP contribution in [-0.4, -0.2) is 19.9 Å². The van der Waals surface area contributed by atoms with E-state index in [0.717, 1.165) is 38.7 Å². The molecule has 4 nitrogen and oxygen atoms in total. The molecule has 252 valence electrons. The molecule has 0 radical (unpaired) electrons. The summed E-state index contributed by atoms with van der Waals surface area (Å²) in [5, 5.41) is 1.13. The van der Waals surface area contributed by atoms with Crippen LogP contribution in [0.25, 0.3) is 67.3 Å². The number of nitrogens with zero attached hydrogens (tertiary/aromatic N) is 4. The lowest BCUT2D eigenvalue weighted by Crippen LogP contribution is -2.32. The smallest absolute Gasteiger partial charge is 0.164 e. The van der Waals surface area contributed by atoms with Crippen molar-refractivity contribution in [2.75, 3.05) is 0 Å². The lowest BCUT2D eigenvalue weighted by molar-refractivity contribution is 0.722. The minimum absolute atomic E-state index is 0.499. The van der Waals surface area contributed by atoms with E-state index in [4.69, 9.17) is 19.9 Å². The number of aromatic nitrogens is 4. The second-order valence-corrected chi connectivity index (χ2v) is 14.9. The van der Waals surface area contributed by atoms with E-state index in [-0.39, 0.29) is 0 Å². The Morgan fingerprint density at radius 3 is 1.50 bits per heavy atom. The summed E-state index contributed by atoms with van der Waals surface area (Å²) in [6.07, 6.45) is 1.88. The molecule has 0 atom stereocenters.